The van der Waals surface area contributed by atoms with E-state index in [0.717, 1.165) is 0 Å². The number of hydrogen-bond acceptors (Lipinski definition) is 6. The molecular weight excluding hydrogens is 250 g/mol. The number of primary amides is 1. The summed E-state index contributed by atoms with van der Waals surface area (Å²) in [6.45, 7) is 0. The Kier molecular flexibility index (Phi) is 3.32. The van der Waals surface area contributed by atoms with Crippen molar-refractivity contribution in [3.63, 3.8) is 0 Å². The summed E-state index contributed by atoms with van der Waals surface area (Å²) in [7, 11) is 0. The summed E-state index contributed by atoms with van der Waals surface area (Å²) in [6.07, 6.45) is 1.91. The highest BCUT2D eigenvalue weighted by atomic mass is 16.2. The van der Waals surface area contributed by atoms with Gasteiger partial charge in [0.15, 0.2) is 0 Å². The van der Waals surface area contributed by atoms with Crippen molar-refractivity contribution < 1.29 is 14.4 Å². The van der Waals surface area contributed by atoms with Gasteiger partial charge in [0, 0.05) is 6.42 Å². The number of carbonyl (C=O) groups is 3. The maximum Gasteiger partial charge on any atom is 0.250 e. The zero-order valence-electron chi connectivity index (χ0n) is 9.97. The lowest BCUT2D eigenvalue weighted by Crippen LogP contribution is -2.47. The molecule has 0 aliphatic carbocycles. The lowest BCUT2D eigenvalue weighted by Gasteiger charge is -2.23. The minimum atomic E-state index is -0.677. The molecule has 19 heavy (non-hydrogen) atoms. The molecular formula is C11H13N5O3. The Hall–Kier alpha value is -2.64. The number of nitrogen functional groups attached to an aromatic ring is 1. The van der Waals surface area contributed by atoms with Crippen LogP contribution in [0.2, 0.25) is 0 Å². The van der Waals surface area contributed by atoms with Crippen molar-refractivity contribution in [1.82, 2.24) is 10.3 Å². The van der Waals surface area contributed by atoms with Crippen LogP contribution in [0, 0.1) is 0 Å². The van der Waals surface area contributed by atoms with Gasteiger partial charge in [0.1, 0.15) is 11.9 Å². The van der Waals surface area contributed by atoms with Crippen LogP contribution in [0.3, 0.4) is 0 Å². The Morgan fingerprint density at radius 2 is 2.21 bits per heavy atom. The van der Waals surface area contributed by atoms with Gasteiger partial charge in [-0.05, 0) is 12.5 Å². The van der Waals surface area contributed by atoms with E-state index in [4.69, 9.17) is 11.5 Å². The molecule has 2 rings (SSSR count). The highest BCUT2D eigenvalue weighted by molar-refractivity contribution is 6.03. The number of piperidine rings is 1. The molecule has 2 heterocycles. The van der Waals surface area contributed by atoms with E-state index in [1.807, 2.05) is 0 Å². The highest BCUT2D eigenvalue weighted by Crippen LogP contribution is 2.19. The second-order valence-electron chi connectivity index (χ2n) is 4.17. The van der Waals surface area contributed by atoms with Crippen LogP contribution in [0.15, 0.2) is 12.3 Å². The van der Waals surface area contributed by atoms with E-state index in [9.17, 15) is 14.4 Å². The third-order valence-electron chi connectivity index (χ3n) is 2.76. The Balaban J connectivity index is 2.21. The molecule has 0 spiro atoms. The van der Waals surface area contributed by atoms with Gasteiger partial charge < -0.3 is 16.8 Å². The predicted octanol–water partition coefficient (Wildman–Crippen LogP) is -1.02. The molecule has 3 amide bonds. The summed E-state index contributed by atoms with van der Waals surface area (Å²) in [5.41, 5.74) is 11.2. The van der Waals surface area contributed by atoms with E-state index in [1.54, 1.807) is 0 Å². The molecule has 1 aliphatic rings. The highest BCUT2D eigenvalue weighted by Gasteiger charge is 2.27. The van der Waals surface area contributed by atoms with Gasteiger partial charge in [-0.15, -0.1) is 0 Å². The number of rotatable bonds is 3. The first kappa shape index (κ1) is 12.8. The fourth-order valence-corrected chi connectivity index (χ4v) is 1.81. The van der Waals surface area contributed by atoms with Crippen molar-refractivity contribution in [1.29, 1.82) is 0 Å². The van der Waals surface area contributed by atoms with Gasteiger partial charge in [-0.2, -0.15) is 0 Å². The Labute approximate surface area is 108 Å². The topological polar surface area (TPSA) is 140 Å². The first-order chi connectivity index (χ1) is 8.97. The summed E-state index contributed by atoms with van der Waals surface area (Å²) in [5, 5.41) is 5.05. The maximum atomic E-state index is 11.6. The van der Waals surface area contributed by atoms with E-state index >= 15 is 0 Å². The standard InChI is InChI=1S/C11H13N5O3/c12-8-3-5(10(13)18)7(4-14-8)15-6-1-2-9(17)16-11(6)19/h3-4,6,15H,1-2H2,(H2,12,14)(H2,13,18)(H,16,17,19). The van der Waals surface area contributed by atoms with Crippen molar-refractivity contribution in [2.75, 3.05) is 11.1 Å². The molecule has 0 radical (unpaired) electrons. The van der Waals surface area contributed by atoms with Crippen LogP contribution in [-0.4, -0.2) is 28.7 Å². The number of nitrogens with zero attached hydrogens (tertiary/aromatic N) is 1. The molecule has 1 aliphatic heterocycles. The lowest BCUT2D eigenvalue weighted by molar-refractivity contribution is -0.133. The van der Waals surface area contributed by atoms with Crippen molar-refractivity contribution >= 4 is 29.2 Å². The molecule has 1 unspecified atom stereocenters. The minimum Gasteiger partial charge on any atom is -0.384 e. The predicted molar refractivity (Wildman–Crippen MR) is 67.0 cm³/mol. The zero-order valence-corrected chi connectivity index (χ0v) is 9.97. The van der Waals surface area contributed by atoms with Gasteiger partial charge in [0.05, 0.1) is 17.4 Å². The fraction of sp³-hybridized carbons (Fsp3) is 0.273. The van der Waals surface area contributed by atoms with Gasteiger partial charge >= 0.3 is 0 Å². The number of nitrogens with one attached hydrogen (secondary N) is 2. The Morgan fingerprint density at radius 1 is 1.47 bits per heavy atom. The monoisotopic (exact) mass is 263 g/mol. The van der Waals surface area contributed by atoms with E-state index in [0.29, 0.717) is 12.1 Å². The molecule has 1 atom stereocenters. The van der Waals surface area contributed by atoms with Crippen LogP contribution in [0.4, 0.5) is 11.5 Å². The number of pyridine rings is 1. The number of aromatic nitrogens is 1. The summed E-state index contributed by atoms with van der Waals surface area (Å²) >= 11 is 0. The molecule has 1 aromatic heterocycles. The molecule has 1 aromatic rings. The molecule has 6 N–H and O–H groups in total. The maximum absolute atomic E-state index is 11.6. The molecule has 1 saturated heterocycles. The average molecular weight is 263 g/mol. The molecule has 0 bridgehead atoms. The summed E-state index contributed by atoms with van der Waals surface area (Å²) in [6, 6.07) is 0.720. The van der Waals surface area contributed by atoms with Crippen molar-refractivity contribution in [3.8, 4) is 0 Å². The van der Waals surface area contributed by atoms with Gasteiger partial charge in [-0.25, -0.2) is 4.98 Å². The summed E-state index contributed by atoms with van der Waals surface area (Å²) in [4.78, 5) is 37.8. The van der Waals surface area contributed by atoms with Crippen LogP contribution in [-0.2, 0) is 9.59 Å². The lowest BCUT2D eigenvalue weighted by atomic mass is 10.1. The molecule has 1 fully saturated rings. The first-order valence-electron chi connectivity index (χ1n) is 5.63. The van der Waals surface area contributed by atoms with Gasteiger partial charge in [-0.1, -0.05) is 0 Å². The fourth-order valence-electron chi connectivity index (χ4n) is 1.81. The second-order valence-corrected chi connectivity index (χ2v) is 4.17. The number of hydrogen-bond donors (Lipinski definition) is 4. The van der Waals surface area contributed by atoms with Gasteiger partial charge in [-0.3, -0.25) is 19.7 Å². The summed E-state index contributed by atoms with van der Waals surface area (Å²) < 4.78 is 0. The molecule has 8 heteroatoms. The third kappa shape index (κ3) is 2.79. The van der Waals surface area contributed by atoms with E-state index < -0.39 is 17.9 Å². The van der Waals surface area contributed by atoms with Crippen LogP contribution in [0.1, 0.15) is 23.2 Å². The van der Waals surface area contributed by atoms with Crippen LogP contribution < -0.4 is 22.1 Å². The number of amides is 3. The van der Waals surface area contributed by atoms with Crippen LogP contribution >= 0.6 is 0 Å². The molecule has 100 valence electrons. The average Bonchev–Trinajstić information content (AvgIpc) is 2.34. The van der Waals surface area contributed by atoms with E-state index in [1.165, 1.54) is 12.3 Å². The molecule has 0 aromatic carbocycles. The van der Waals surface area contributed by atoms with Crippen molar-refractivity contribution in [3.05, 3.63) is 17.8 Å². The van der Waals surface area contributed by atoms with Crippen LogP contribution in [0.25, 0.3) is 0 Å². The normalized spacial score (nSPS) is 18.8. The van der Waals surface area contributed by atoms with E-state index in [2.05, 4.69) is 15.6 Å². The minimum absolute atomic E-state index is 0.150. The van der Waals surface area contributed by atoms with E-state index in [-0.39, 0.29) is 23.7 Å². The second kappa shape index (κ2) is 4.92. The molecule has 0 saturated carbocycles. The number of imide groups is 1. The smallest absolute Gasteiger partial charge is 0.250 e. The van der Waals surface area contributed by atoms with Crippen molar-refractivity contribution in [2.45, 2.75) is 18.9 Å². The SMILES string of the molecule is NC(=O)c1cc(N)ncc1NC1CCC(=O)NC1=O. The zero-order chi connectivity index (χ0) is 14.0. The Morgan fingerprint density at radius 3 is 2.84 bits per heavy atom. The van der Waals surface area contributed by atoms with Gasteiger partial charge in [0.25, 0.3) is 5.91 Å². The quantitative estimate of drug-likeness (QED) is 0.514. The van der Waals surface area contributed by atoms with Crippen LogP contribution in [0.5, 0.6) is 0 Å². The van der Waals surface area contributed by atoms with Crippen molar-refractivity contribution in [2.24, 2.45) is 5.73 Å². The molecule has 8 nitrogen and oxygen atoms in total. The number of carbonyl (C=O) groups excluding carboxylic acids is 3. The van der Waals surface area contributed by atoms with Gasteiger partial charge in [0.2, 0.25) is 11.8 Å². The Bertz CT molecular complexity index is 557. The summed E-state index contributed by atoms with van der Waals surface area (Å²) in [5.74, 6) is -1.27. The number of nitrogens with two attached hydrogens (primary N) is 2. The number of anilines is 2. The third-order valence-corrected chi connectivity index (χ3v) is 2.76. The largest absolute Gasteiger partial charge is 0.384 e. The first-order valence-corrected chi connectivity index (χ1v) is 5.63.